The lowest BCUT2D eigenvalue weighted by molar-refractivity contribution is 0.190. The number of hydrogen-bond donors (Lipinski definition) is 0. The van der Waals surface area contributed by atoms with E-state index < -0.39 is 12.2 Å². The number of methoxy groups -OCH3 is 1. The number of hydrogen-bond acceptors (Lipinski definition) is 8. The normalized spacial score (nSPS) is 10.1. The first-order chi connectivity index (χ1) is 13.6. The SMILES string of the molecule is COc1nc(C)nc(N(C(=O)Oc2ccccc2)C(=O)Oc2ccccc2)n1. The fourth-order valence-corrected chi connectivity index (χ4v) is 2.14. The first kappa shape index (κ1) is 18.8. The number of ether oxygens (including phenoxy) is 3. The number of imide groups is 1. The number of amides is 2. The van der Waals surface area contributed by atoms with Gasteiger partial charge in [0, 0.05) is 0 Å². The number of rotatable bonds is 4. The van der Waals surface area contributed by atoms with Crippen molar-refractivity contribution in [3.8, 4) is 17.5 Å². The number of aromatic nitrogens is 3. The molecule has 0 bridgehead atoms. The van der Waals surface area contributed by atoms with Crippen molar-refractivity contribution in [2.24, 2.45) is 0 Å². The van der Waals surface area contributed by atoms with Crippen LogP contribution in [0.3, 0.4) is 0 Å². The Morgan fingerprint density at radius 3 is 1.75 bits per heavy atom. The van der Waals surface area contributed by atoms with Crippen molar-refractivity contribution in [3.05, 3.63) is 66.5 Å². The van der Waals surface area contributed by atoms with Crippen LogP contribution in [-0.2, 0) is 0 Å². The molecule has 1 heterocycles. The van der Waals surface area contributed by atoms with Crippen molar-refractivity contribution in [1.82, 2.24) is 15.0 Å². The van der Waals surface area contributed by atoms with Crippen molar-refractivity contribution in [3.63, 3.8) is 0 Å². The molecule has 1 aromatic heterocycles. The summed E-state index contributed by atoms with van der Waals surface area (Å²) in [7, 11) is 1.35. The van der Waals surface area contributed by atoms with Gasteiger partial charge in [-0.2, -0.15) is 15.0 Å². The molecule has 2 aromatic carbocycles. The second-order valence-electron chi connectivity index (χ2n) is 5.37. The van der Waals surface area contributed by atoms with E-state index in [0.29, 0.717) is 4.90 Å². The van der Waals surface area contributed by atoms with E-state index in [1.165, 1.54) is 7.11 Å². The van der Waals surface area contributed by atoms with Crippen LogP contribution in [0.5, 0.6) is 17.5 Å². The summed E-state index contributed by atoms with van der Waals surface area (Å²) in [4.78, 5) is 37.9. The molecule has 0 fully saturated rings. The monoisotopic (exact) mass is 380 g/mol. The molecule has 0 radical (unpaired) electrons. The maximum Gasteiger partial charge on any atom is 0.432 e. The molecule has 0 aliphatic heterocycles. The molecule has 0 unspecified atom stereocenters. The Labute approximate surface area is 160 Å². The highest BCUT2D eigenvalue weighted by Gasteiger charge is 2.31. The van der Waals surface area contributed by atoms with E-state index in [2.05, 4.69) is 15.0 Å². The zero-order chi connectivity index (χ0) is 19.9. The standard InChI is InChI=1S/C19H16N4O5/c1-13-20-16(22-17(21-13)26-2)23(18(24)27-14-9-5-3-6-10-14)19(25)28-15-11-7-4-8-12-15/h3-12H,1-2H3. The van der Waals surface area contributed by atoms with Gasteiger partial charge in [-0.05, 0) is 31.2 Å². The fourth-order valence-electron chi connectivity index (χ4n) is 2.14. The lowest BCUT2D eigenvalue weighted by Gasteiger charge is -2.18. The van der Waals surface area contributed by atoms with Crippen LogP contribution in [0.15, 0.2) is 60.7 Å². The Bertz CT molecular complexity index is 913. The van der Waals surface area contributed by atoms with Crippen molar-refractivity contribution in [2.75, 3.05) is 12.0 Å². The van der Waals surface area contributed by atoms with Gasteiger partial charge in [-0.15, -0.1) is 4.90 Å². The van der Waals surface area contributed by atoms with E-state index in [9.17, 15) is 9.59 Å². The number of aryl methyl sites for hydroxylation is 1. The highest BCUT2D eigenvalue weighted by Crippen LogP contribution is 2.19. The number of anilines is 1. The highest BCUT2D eigenvalue weighted by atomic mass is 16.6. The van der Waals surface area contributed by atoms with Gasteiger partial charge in [0.2, 0.25) is 0 Å². The van der Waals surface area contributed by atoms with E-state index in [0.717, 1.165) is 0 Å². The van der Waals surface area contributed by atoms with Gasteiger partial charge in [-0.1, -0.05) is 36.4 Å². The third-order valence-corrected chi connectivity index (χ3v) is 3.36. The number of benzene rings is 2. The Hall–Kier alpha value is -4.01. The predicted octanol–water partition coefficient (Wildman–Crippen LogP) is 3.39. The van der Waals surface area contributed by atoms with Gasteiger partial charge in [0.1, 0.15) is 17.3 Å². The zero-order valence-electron chi connectivity index (χ0n) is 15.1. The van der Waals surface area contributed by atoms with E-state index in [4.69, 9.17) is 14.2 Å². The summed E-state index contributed by atoms with van der Waals surface area (Å²) in [5.74, 6) is 0.434. The molecule has 0 spiro atoms. The van der Waals surface area contributed by atoms with E-state index in [1.807, 2.05) is 0 Å². The van der Waals surface area contributed by atoms with Crippen LogP contribution < -0.4 is 19.1 Å². The fraction of sp³-hybridized carbons (Fsp3) is 0.105. The Morgan fingerprint density at radius 2 is 1.29 bits per heavy atom. The van der Waals surface area contributed by atoms with Gasteiger partial charge in [0.25, 0.3) is 5.95 Å². The Balaban J connectivity index is 1.94. The van der Waals surface area contributed by atoms with Gasteiger partial charge in [-0.3, -0.25) is 0 Å². The summed E-state index contributed by atoms with van der Waals surface area (Å²) < 4.78 is 15.5. The first-order valence-electron chi connectivity index (χ1n) is 8.17. The van der Waals surface area contributed by atoms with Gasteiger partial charge >= 0.3 is 18.2 Å². The van der Waals surface area contributed by atoms with Gasteiger partial charge in [-0.25, -0.2) is 9.59 Å². The summed E-state index contributed by atoms with van der Waals surface area (Å²) in [6.45, 7) is 1.57. The topological polar surface area (TPSA) is 104 Å². The molecule has 0 aliphatic carbocycles. The van der Waals surface area contributed by atoms with Crippen molar-refractivity contribution >= 4 is 18.1 Å². The second-order valence-corrected chi connectivity index (χ2v) is 5.37. The molecule has 0 aliphatic rings. The van der Waals surface area contributed by atoms with Crippen LogP contribution >= 0.6 is 0 Å². The number of para-hydroxylation sites is 2. The van der Waals surface area contributed by atoms with E-state index in [1.54, 1.807) is 67.6 Å². The maximum absolute atomic E-state index is 12.7. The number of carbonyl (C=O) groups is 2. The molecule has 0 saturated carbocycles. The quantitative estimate of drug-likeness (QED) is 0.678. The summed E-state index contributed by atoms with van der Waals surface area (Å²) in [6, 6.07) is 16.5. The number of carbonyl (C=O) groups excluding carboxylic acids is 2. The first-order valence-corrected chi connectivity index (χ1v) is 8.17. The van der Waals surface area contributed by atoms with Crippen molar-refractivity contribution in [1.29, 1.82) is 0 Å². The molecule has 142 valence electrons. The largest absolute Gasteiger partial charge is 0.467 e. The summed E-state index contributed by atoms with van der Waals surface area (Å²) in [5.41, 5.74) is 0. The maximum atomic E-state index is 12.7. The smallest absolute Gasteiger partial charge is 0.432 e. The number of nitrogens with zero attached hydrogens (tertiary/aromatic N) is 4. The Morgan fingerprint density at radius 1 is 0.786 bits per heavy atom. The second kappa shape index (κ2) is 8.58. The van der Waals surface area contributed by atoms with E-state index >= 15 is 0 Å². The van der Waals surface area contributed by atoms with Crippen LogP contribution in [-0.4, -0.2) is 34.2 Å². The molecular formula is C19H16N4O5. The Kier molecular flexibility index (Phi) is 5.75. The molecule has 3 rings (SSSR count). The summed E-state index contributed by atoms with van der Waals surface area (Å²) in [5, 5.41) is 0. The van der Waals surface area contributed by atoms with Crippen LogP contribution in [0.2, 0.25) is 0 Å². The highest BCUT2D eigenvalue weighted by molar-refractivity contribution is 6.09. The minimum atomic E-state index is -1.04. The minimum Gasteiger partial charge on any atom is -0.467 e. The van der Waals surface area contributed by atoms with Crippen LogP contribution in [0.4, 0.5) is 15.5 Å². The van der Waals surface area contributed by atoms with Crippen LogP contribution in [0, 0.1) is 6.92 Å². The molecule has 0 N–H and O–H groups in total. The molecule has 9 heteroatoms. The van der Waals surface area contributed by atoms with Gasteiger partial charge in [0.05, 0.1) is 7.11 Å². The lowest BCUT2D eigenvalue weighted by atomic mass is 10.3. The van der Waals surface area contributed by atoms with Gasteiger partial charge in [0.15, 0.2) is 0 Å². The molecule has 0 saturated heterocycles. The average molecular weight is 380 g/mol. The third-order valence-electron chi connectivity index (χ3n) is 3.36. The predicted molar refractivity (Wildman–Crippen MR) is 98.5 cm³/mol. The molecule has 9 nitrogen and oxygen atoms in total. The average Bonchev–Trinajstić information content (AvgIpc) is 2.69. The minimum absolute atomic E-state index is 0.0625. The molecule has 2 amide bonds. The van der Waals surface area contributed by atoms with Gasteiger partial charge < -0.3 is 14.2 Å². The third kappa shape index (κ3) is 4.58. The lowest BCUT2D eigenvalue weighted by Crippen LogP contribution is -2.42. The van der Waals surface area contributed by atoms with Crippen molar-refractivity contribution < 1.29 is 23.8 Å². The molecule has 3 aromatic rings. The van der Waals surface area contributed by atoms with E-state index in [-0.39, 0.29) is 29.3 Å². The molecular weight excluding hydrogens is 364 g/mol. The zero-order valence-corrected chi connectivity index (χ0v) is 15.1. The van der Waals surface area contributed by atoms with Crippen molar-refractivity contribution in [2.45, 2.75) is 6.92 Å². The van der Waals surface area contributed by atoms with Crippen LogP contribution in [0.1, 0.15) is 5.82 Å². The summed E-state index contributed by atoms with van der Waals surface area (Å²) in [6.07, 6.45) is -2.08. The molecule has 28 heavy (non-hydrogen) atoms. The molecule has 0 atom stereocenters. The van der Waals surface area contributed by atoms with Crippen LogP contribution in [0.25, 0.3) is 0 Å². The summed E-state index contributed by atoms with van der Waals surface area (Å²) >= 11 is 0.